The Hall–Kier alpha value is -0.860. The van der Waals surface area contributed by atoms with Gasteiger partial charge in [0.2, 0.25) is 0 Å². The molecule has 1 saturated heterocycles. The Morgan fingerprint density at radius 1 is 1.16 bits per heavy atom. The molecule has 1 saturated carbocycles. The lowest BCUT2D eigenvalue weighted by Gasteiger charge is -2.28. The minimum atomic E-state index is 0.217. The van der Waals surface area contributed by atoms with Crippen LogP contribution in [0.15, 0.2) is 30.3 Å². The van der Waals surface area contributed by atoms with Gasteiger partial charge >= 0.3 is 0 Å². The molecule has 0 spiro atoms. The molecule has 3 rings (SSSR count). The maximum Gasteiger partial charge on any atom is 0.0207 e. The van der Waals surface area contributed by atoms with Crippen molar-refractivity contribution in [3.8, 4) is 0 Å². The Morgan fingerprint density at radius 2 is 1.89 bits per heavy atom. The largest absolute Gasteiger partial charge is 0.312 e. The Morgan fingerprint density at radius 3 is 2.58 bits per heavy atom. The van der Waals surface area contributed by atoms with Gasteiger partial charge in [0.25, 0.3) is 0 Å². The fourth-order valence-corrected chi connectivity index (χ4v) is 3.12. The number of benzene rings is 1. The number of nitrogens with zero attached hydrogens (tertiary/aromatic N) is 1. The summed E-state index contributed by atoms with van der Waals surface area (Å²) < 4.78 is 0. The molecular weight excluding hydrogens is 232 g/mol. The zero-order chi connectivity index (χ0) is 13.3. The van der Waals surface area contributed by atoms with E-state index in [4.69, 9.17) is 0 Å². The van der Waals surface area contributed by atoms with Gasteiger partial charge in [0.1, 0.15) is 0 Å². The summed E-state index contributed by atoms with van der Waals surface area (Å²) in [4.78, 5) is 2.67. The van der Waals surface area contributed by atoms with E-state index < -0.39 is 0 Å². The highest BCUT2D eigenvalue weighted by molar-refractivity contribution is 5.23. The van der Waals surface area contributed by atoms with Crippen molar-refractivity contribution in [1.29, 1.82) is 0 Å². The first kappa shape index (κ1) is 13.1. The summed E-state index contributed by atoms with van der Waals surface area (Å²) in [7, 11) is 0. The van der Waals surface area contributed by atoms with Crippen molar-refractivity contribution in [2.24, 2.45) is 0 Å². The van der Waals surface area contributed by atoms with Crippen LogP contribution in [0.4, 0.5) is 0 Å². The molecule has 0 bridgehead atoms. The number of nitrogens with one attached hydrogen (secondary N) is 1. The molecule has 104 valence electrons. The Balaban J connectivity index is 1.51. The van der Waals surface area contributed by atoms with Crippen LogP contribution in [-0.4, -0.2) is 36.6 Å². The second-order valence-corrected chi connectivity index (χ2v) is 6.84. The molecule has 1 unspecified atom stereocenters. The predicted molar refractivity (Wildman–Crippen MR) is 80.5 cm³/mol. The first-order chi connectivity index (χ1) is 9.15. The second kappa shape index (κ2) is 5.26. The molecule has 1 heterocycles. The van der Waals surface area contributed by atoms with Crippen molar-refractivity contribution in [2.75, 3.05) is 19.6 Å². The number of hydrogen-bond donors (Lipinski definition) is 1. The molecule has 1 aliphatic carbocycles. The molecule has 0 amide bonds. The van der Waals surface area contributed by atoms with Crippen LogP contribution >= 0.6 is 0 Å². The highest BCUT2D eigenvalue weighted by atomic mass is 15.2. The Bertz CT molecular complexity index is 409. The van der Waals surface area contributed by atoms with E-state index in [9.17, 15) is 0 Å². The van der Waals surface area contributed by atoms with Crippen molar-refractivity contribution in [1.82, 2.24) is 10.2 Å². The molecule has 1 atom stereocenters. The van der Waals surface area contributed by atoms with E-state index in [1.165, 1.54) is 37.9 Å². The minimum Gasteiger partial charge on any atom is -0.312 e. The van der Waals surface area contributed by atoms with Crippen LogP contribution in [0.2, 0.25) is 0 Å². The Labute approximate surface area is 117 Å². The van der Waals surface area contributed by atoms with Gasteiger partial charge in [0, 0.05) is 37.1 Å². The van der Waals surface area contributed by atoms with Gasteiger partial charge in [-0.2, -0.15) is 0 Å². The van der Waals surface area contributed by atoms with Crippen molar-refractivity contribution in [3.05, 3.63) is 35.9 Å². The first-order valence-electron chi connectivity index (χ1n) is 7.68. The van der Waals surface area contributed by atoms with E-state index in [0.717, 1.165) is 12.6 Å². The van der Waals surface area contributed by atoms with Crippen LogP contribution in [0.5, 0.6) is 0 Å². The van der Waals surface area contributed by atoms with Crippen LogP contribution < -0.4 is 5.32 Å². The van der Waals surface area contributed by atoms with Crippen LogP contribution in [0.25, 0.3) is 0 Å². The molecule has 0 radical (unpaired) electrons. The summed E-state index contributed by atoms with van der Waals surface area (Å²) in [6.07, 6.45) is 4.19. The van der Waals surface area contributed by atoms with Crippen molar-refractivity contribution >= 4 is 0 Å². The molecule has 0 aromatic heterocycles. The average molecular weight is 258 g/mol. The average Bonchev–Trinajstić information content (AvgIpc) is 3.17. The molecule has 1 N–H and O–H groups in total. The molecule has 2 nitrogen and oxygen atoms in total. The molecule has 2 heteroatoms. The van der Waals surface area contributed by atoms with Crippen molar-refractivity contribution < 1.29 is 0 Å². The van der Waals surface area contributed by atoms with Gasteiger partial charge in [0.05, 0.1) is 0 Å². The lowest BCUT2D eigenvalue weighted by atomic mass is 9.84. The topological polar surface area (TPSA) is 15.3 Å². The first-order valence-corrected chi connectivity index (χ1v) is 7.68. The third-order valence-electron chi connectivity index (χ3n) is 4.67. The molecule has 1 aliphatic heterocycles. The standard InChI is InChI=1S/C17H26N2/c1-17(2,14-6-4-3-5-7-14)13-18-15-10-11-19(12-15)16-8-9-16/h3-7,15-16,18H,8-13H2,1-2H3. The molecular formula is C17H26N2. The summed E-state index contributed by atoms with van der Waals surface area (Å²) in [6, 6.07) is 12.5. The normalized spacial score (nSPS) is 24.8. The predicted octanol–water partition coefficient (Wildman–Crippen LogP) is 2.79. The van der Waals surface area contributed by atoms with E-state index in [0.29, 0.717) is 6.04 Å². The molecule has 2 fully saturated rings. The van der Waals surface area contributed by atoms with Gasteiger partial charge in [-0.05, 0) is 24.8 Å². The van der Waals surface area contributed by atoms with Gasteiger partial charge < -0.3 is 5.32 Å². The van der Waals surface area contributed by atoms with Gasteiger partial charge in [-0.1, -0.05) is 44.2 Å². The highest BCUT2D eigenvalue weighted by Crippen LogP contribution is 2.30. The minimum absolute atomic E-state index is 0.217. The third kappa shape index (κ3) is 3.18. The van der Waals surface area contributed by atoms with Crippen LogP contribution in [-0.2, 0) is 5.41 Å². The van der Waals surface area contributed by atoms with Crippen LogP contribution in [0, 0.1) is 0 Å². The van der Waals surface area contributed by atoms with Crippen molar-refractivity contribution in [2.45, 2.75) is 50.6 Å². The monoisotopic (exact) mass is 258 g/mol. The maximum atomic E-state index is 3.79. The van der Waals surface area contributed by atoms with E-state index in [-0.39, 0.29) is 5.41 Å². The molecule has 1 aromatic carbocycles. The highest BCUT2D eigenvalue weighted by Gasteiger charge is 2.34. The second-order valence-electron chi connectivity index (χ2n) is 6.84. The fourth-order valence-electron chi connectivity index (χ4n) is 3.12. The zero-order valence-corrected chi connectivity index (χ0v) is 12.2. The number of rotatable bonds is 5. The quantitative estimate of drug-likeness (QED) is 0.873. The van der Waals surface area contributed by atoms with Gasteiger partial charge in [-0.3, -0.25) is 4.90 Å². The molecule has 2 aliphatic rings. The Kier molecular flexibility index (Phi) is 3.64. The number of hydrogen-bond acceptors (Lipinski definition) is 2. The lowest BCUT2D eigenvalue weighted by Crippen LogP contribution is -2.40. The SMILES string of the molecule is CC(C)(CNC1CCN(C2CC2)C1)c1ccccc1. The van der Waals surface area contributed by atoms with Crippen LogP contribution in [0.3, 0.4) is 0 Å². The zero-order valence-electron chi connectivity index (χ0n) is 12.2. The van der Waals surface area contributed by atoms with E-state index in [1.54, 1.807) is 0 Å². The number of likely N-dealkylation sites (tertiary alicyclic amines) is 1. The third-order valence-corrected chi connectivity index (χ3v) is 4.67. The summed E-state index contributed by atoms with van der Waals surface area (Å²) in [6.45, 7) is 8.30. The summed E-state index contributed by atoms with van der Waals surface area (Å²) >= 11 is 0. The van der Waals surface area contributed by atoms with Gasteiger partial charge in [-0.25, -0.2) is 0 Å². The fraction of sp³-hybridized carbons (Fsp3) is 0.647. The van der Waals surface area contributed by atoms with Crippen molar-refractivity contribution in [3.63, 3.8) is 0 Å². The summed E-state index contributed by atoms with van der Waals surface area (Å²) in [5, 5.41) is 3.79. The lowest BCUT2D eigenvalue weighted by molar-refractivity contribution is 0.313. The van der Waals surface area contributed by atoms with E-state index in [2.05, 4.69) is 54.4 Å². The smallest absolute Gasteiger partial charge is 0.0207 e. The van der Waals surface area contributed by atoms with E-state index in [1.807, 2.05) is 0 Å². The van der Waals surface area contributed by atoms with E-state index >= 15 is 0 Å². The molecule has 19 heavy (non-hydrogen) atoms. The van der Waals surface area contributed by atoms with Crippen LogP contribution in [0.1, 0.15) is 38.7 Å². The summed E-state index contributed by atoms with van der Waals surface area (Å²) in [5.74, 6) is 0. The van der Waals surface area contributed by atoms with Gasteiger partial charge in [-0.15, -0.1) is 0 Å². The maximum absolute atomic E-state index is 3.79. The summed E-state index contributed by atoms with van der Waals surface area (Å²) in [5.41, 5.74) is 1.65. The molecule has 1 aromatic rings. The van der Waals surface area contributed by atoms with Gasteiger partial charge in [0.15, 0.2) is 0 Å².